The number of hydrogen-bond donors (Lipinski definition) is 2. The Hall–Kier alpha value is -3.49. The summed E-state index contributed by atoms with van der Waals surface area (Å²) in [6.07, 6.45) is 0. The Labute approximate surface area is 129 Å². The normalized spacial score (nSPS) is 10.6. The van der Waals surface area contributed by atoms with Gasteiger partial charge in [-0.25, -0.2) is 4.98 Å². The minimum atomic E-state index is -0.788. The number of imidazole rings is 1. The molecule has 0 bridgehead atoms. The van der Waals surface area contributed by atoms with E-state index in [9.17, 15) is 20.2 Å². The number of nitro benzene ring substituents is 2. The molecule has 2 N–H and O–H groups in total. The van der Waals surface area contributed by atoms with Gasteiger partial charge < -0.3 is 10.3 Å². The van der Waals surface area contributed by atoms with Crippen LogP contribution in [0, 0.1) is 20.2 Å². The zero-order valence-corrected chi connectivity index (χ0v) is 11.7. The van der Waals surface area contributed by atoms with Crippen LogP contribution in [0.5, 0.6) is 0 Å². The van der Waals surface area contributed by atoms with Gasteiger partial charge in [0.25, 0.3) is 0 Å². The first-order chi connectivity index (χ1) is 11.0. The lowest BCUT2D eigenvalue weighted by molar-refractivity contribution is -0.422. The average molecular weight is 313 g/mol. The molecule has 0 aliphatic rings. The molecule has 0 fully saturated rings. The Kier molecular flexibility index (Phi) is 3.59. The zero-order chi connectivity index (χ0) is 16.4. The number of benzene rings is 2. The van der Waals surface area contributed by atoms with Gasteiger partial charge in [0.15, 0.2) is 0 Å². The first kappa shape index (κ1) is 14.4. The van der Waals surface area contributed by atoms with Crippen LogP contribution in [-0.2, 0) is 6.54 Å². The van der Waals surface area contributed by atoms with Gasteiger partial charge in [-0.3, -0.25) is 20.2 Å². The monoisotopic (exact) mass is 313 g/mol. The van der Waals surface area contributed by atoms with E-state index in [1.807, 2.05) is 30.3 Å². The van der Waals surface area contributed by atoms with Crippen molar-refractivity contribution in [3.63, 3.8) is 0 Å². The minimum Gasteiger partial charge on any atom is -0.352 e. The zero-order valence-electron chi connectivity index (χ0n) is 11.7. The molecule has 116 valence electrons. The van der Waals surface area contributed by atoms with Crippen LogP contribution in [0.1, 0.15) is 5.56 Å². The van der Waals surface area contributed by atoms with Crippen molar-refractivity contribution < 1.29 is 9.85 Å². The Morgan fingerprint density at radius 1 is 1.04 bits per heavy atom. The molecule has 0 aliphatic carbocycles. The number of nitrogens with zero attached hydrogens (tertiary/aromatic N) is 3. The summed E-state index contributed by atoms with van der Waals surface area (Å²) in [6.45, 7) is 0.505. The summed E-state index contributed by atoms with van der Waals surface area (Å²) >= 11 is 0. The second kappa shape index (κ2) is 5.72. The third-order valence-corrected chi connectivity index (χ3v) is 3.27. The van der Waals surface area contributed by atoms with Gasteiger partial charge in [-0.1, -0.05) is 30.3 Å². The summed E-state index contributed by atoms with van der Waals surface area (Å²) in [4.78, 5) is 27.4. The van der Waals surface area contributed by atoms with Gasteiger partial charge in [0.2, 0.25) is 5.95 Å². The van der Waals surface area contributed by atoms with E-state index in [1.165, 1.54) is 0 Å². The van der Waals surface area contributed by atoms with Crippen LogP contribution < -0.4 is 5.32 Å². The number of H-pyrrole nitrogens is 1. The topological polar surface area (TPSA) is 127 Å². The molecule has 0 saturated heterocycles. The third-order valence-electron chi connectivity index (χ3n) is 3.27. The molecule has 0 atom stereocenters. The summed E-state index contributed by atoms with van der Waals surface area (Å²) in [5, 5.41) is 24.9. The van der Waals surface area contributed by atoms with Gasteiger partial charge in [0.05, 0.1) is 26.9 Å². The number of fused-ring (bicyclic) bond motifs is 1. The molecule has 9 heteroatoms. The maximum absolute atomic E-state index is 10.9. The lowest BCUT2D eigenvalue weighted by atomic mass is 10.2. The second-order valence-electron chi connectivity index (χ2n) is 4.80. The van der Waals surface area contributed by atoms with Crippen molar-refractivity contribution in [3.05, 3.63) is 68.3 Å². The fraction of sp³-hybridized carbons (Fsp3) is 0.0714. The molecule has 1 aromatic heterocycles. The van der Waals surface area contributed by atoms with Crippen LogP contribution in [0.25, 0.3) is 11.0 Å². The number of aromatic amines is 1. The summed E-state index contributed by atoms with van der Waals surface area (Å²) < 4.78 is 0. The van der Waals surface area contributed by atoms with E-state index in [0.29, 0.717) is 18.0 Å². The van der Waals surface area contributed by atoms with E-state index in [2.05, 4.69) is 15.3 Å². The number of rotatable bonds is 5. The van der Waals surface area contributed by atoms with Gasteiger partial charge >= 0.3 is 11.4 Å². The fourth-order valence-electron chi connectivity index (χ4n) is 2.19. The molecule has 1 heterocycles. The van der Waals surface area contributed by atoms with Crippen LogP contribution in [0.4, 0.5) is 17.3 Å². The predicted octanol–water partition coefficient (Wildman–Crippen LogP) is 2.99. The summed E-state index contributed by atoms with van der Waals surface area (Å²) in [6, 6.07) is 11.8. The lowest BCUT2D eigenvalue weighted by Gasteiger charge is -2.01. The van der Waals surface area contributed by atoms with Crippen LogP contribution >= 0.6 is 0 Å². The third kappa shape index (κ3) is 2.93. The molecule has 0 radical (unpaired) electrons. The van der Waals surface area contributed by atoms with E-state index < -0.39 is 21.2 Å². The highest BCUT2D eigenvalue weighted by molar-refractivity contribution is 5.84. The van der Waals surface area contributed by atoms with E-state index in [0.717, 1.165) is 17.7 Å². The van der Waals surface area contributed by atoms with Crippen molar-refractivity contribution in [2.75, 3.05) is 5.32 Å². The van der Waals surface area contributed by atoms with Crippen molar-refractivity contribution in [2.45, 2.75) is 6.54 Å². The number of hydrogen-bond acceptors (Lipinski definition) is 6. The van der Waals surface area contributed by atoms with E-state index in [1.54, 1.807) is 0 Å². The molecular formula is C14H11N5O4. The molecule has 0 amide bonds. The lowest BCUT2D eigenvalue weighted by Crippen LogP contribution is -2.00. The predicted molar refractivity (Wildman–Crippen MR) is 83.2 cm³/mol. The summed E-state index contributed by atoms with van der Waals surface area (Å²) in [5.74, 6) is 0.388. The summed E-state index contributed by atoms with van der Waals surface area (Å²) in [7, 11) is 0. The molecule has 3 rings (SSSR count). The quantitative estimate of drug-likeness (QED) is 0.550. The molecule has 0 aliphatic heterocycles. The molecule has 23 heavy (non-hydrogen) atoms. The highest BCUT2D eigenvalue weighted by atomic mass is 16.6. The maximum atomic E-state index is 10.9. The first-order valence-corrected chi connectivity index (χ1v) is 6.65. The van der Waals surface area contributed by atoms with E-state index >= 15 is 0 Å². The van der Waals surface area contributed by atoms with Gasteiger partial charge in [-0.2, -0.15) is 0 Å². The molecule has 2 aromatic carbocycles. The molecule has 0 unspecified atom stereocenters. The molecule has 3 aromatic rings. The summed E-state index contributed by atoms with van der Waals surface area (Å²) in [5.41, 5.74) is 0.532. The fourth-order valence-corrected chi connectivity index (χ4v) is 2.19. The molecule has 0 spiro atoms. The van der Waals surface area contributed by atoms with Crippen molar-refractivity contribution in [1.29, 1.82) is 0 Å². The van der Waals surface area contributed by atoms with Gasteiger partial charge in [0.1, 0.15) is 0 Å². The van der Waals surface area contributed by atoms with Crippen molar-refractivity contribution in [2.24, 2.45) is 0 Å². The van der Waals surface area contributed by atoms with Crippen molar-refractivity contribution in [1.82, 2.24) is 9.97 Å². The first-order valence-electron chi connectivity index (χ1n) is 6.65. The number of aromatic nitrogens is 2. The van der Waals surface area contributed by atoms with E-state index in [4.69, 9.17) is 0 Å². The van der Waals surface area contributed by atoms with Crippen LogP contribution in [0.3, 0.4) is 0 Å². The molecule has 9 nitrogen and oxygen atoms in total. The van der Waals surface area contributed by atoms with Crippen LogP contribution in [0.2, 0.25) is 0 Å². The van der Waals surface area contributed by atoms with E-state index in [-0.39, 0.29) is 5.52 Å². The Bertz CT molecular complexity index is 840. The number of nitrogens with one attached hydrogen (secondary N) is 2. The molecule has 0 saturated carbocycles. The van der Waals surface area contributed by atoms with Crippen LogP contribution in [-0.4, -0.2) is 19.8 Å². The van der Waals surface area contributed by atoms with Gasteiger partial charge in [-0.05, 0) is 5.56 Å². The molecular weight excluding hydrogens is 302 g/mol. The number of nitro groups is 2. The van der Waals surface area contributed by atoms with Gasteiger partial charge in [-0.15, -0.1) is 0 Å². The highest BCUT2D eigenvalue weighted by Gasteiger charge is 2.26. The Balaban J connectivity index is 1.92. The Morgan fingerprint density at radius 2 is 1.70 bits per heavy atom. The van der Waals surface area contributed by atoms with Crippen molar-refractivity contribution in [3.8, 4) is 0 Å². The second-order valence-corrected chi connectivity index (χ2v) is 4.80. The Morgan fingerprint density at radius 3 is 2.35 bits per heavy atom. The smallest absolute Gasteiger partial charge is 0.348 e. The largest absolute Gasteiger partial charge is 0.352 e. The highest BCUT2D eigenvalue weighted by Crippen LogP contribution is 2.31. The van der Waals surface area contributed by atoms with Crippen molar-refractivity contribution >= 4 is 28.4 Å². The average Bonchev–Trinajstić information content (AvgIpc) is 2.94. The number of anilines is 1. The minimum absolute atomic E-state index is 0.290. The standard InChI is InChI=1S/C14H11N5O4/c20-18(21)12-6-10-11(7-13(12)19(22)23)17-14(16-10)15-8-9-4-2-1-3-5-9/h1-7H,8H2,(H2,15,16,17). The SMILES string of the molecule is O=[N+]([O-])c1cc2nc(NCc3ccccc3)[nH]c2cc1[N+](=O)[O-]. The van der Waals surface area contributed by atoms with Crippen LogP contribution in [0.15, 0.2) is 42.5 Å². The van der Waals surface area contributed by atoms with Gasteiger partial charge in [0, 0.05) is 12.6 Å². The maximum Gasteiger partial charge on any atom is 0.348 e.